The van der Waals surface area contributed by atoms with Gasteiger partial charge in [-0.25, -0.2) is 13.2 Å². The molecule has 0 heterocycles. The summed E-state index contributed by atoms with van der Waals surface area (Å²) in [4.78, 5) is 0. The summed E-state index contributed by atoms with van der Waals surface area (Å²) >= 11 is 0. The number of halogens is 3. The van der Waals surface area contributed by atoms with Crippen LogP contribution in [0.4, 0.5) is 13.2 Å². The van der Waals surface area contributed by atoms with Crippen molar-refractivity contribution in [3.8, 4) is 0 Å². The minimum absolute atomic E-state index is 0.164. The van der Waals surface area contributed by atoms with Crippen LogP contribution in [0.3, 0.4) is 0 Å². The maximum absolute atomic E-state index is 13.8. The Morgan fingerprint density at radius 3 is 2.15 bits per heavy atom. The molecule has 146 valence electrons. The van der Waals surface area contributed by atoms with Crippen LogP contribution in [0.15, 0.2) is 12.1 Å². The van der Waals surface area contributed by atoms with E-state index in [4.69, 9.17) is 0 Å². The number of benzene rings is 1. The molecule has 2 aliphatic carbocycles. The fourth-order valence-electron chi connectivity index (χ4n) is 5.75. The molecule has 3 heteroatoms. The molecule has 1 aromatic carbocycles. The van der Waals surface area contributed by atoms with Crippen molar-refractivity contribution >= 4 is 0 Å². The summed E-state index contributed by atoms with van der Waals surface area (Å²) in [5.74, 6) is -0.622. The third kappa shape index (κ3) is 4.28. The van der Waals surface area contributed by atoms with Crippen LogP contribution < -0.4 is 0 Å². The second-order valence-electron chi connectivity index (χ2n) is 8.78. The summed E-state index contributed by atoms with van der Waals surface area (Å²) in [6, 6.07) is 2.48. The summed E-state index contributed by atoms with van der Waals surface area (Å²) in [6.07, 6.45) is 12.3. The van der Waals surface area contributed by atoms with Crippen molar-refractivity contribution in [2.75, 3.05) is 0 Å². The predicted molar refractivity (Wildman–Crippen MR) is 101 cm³/mol. The highest BCUT2D eigenvalue weighted by Gasteiger charge is 2.36. The Bertz CT molecular complexity index is 566. The summed E-state index contributed by atoms with van der Waals surface area (Å²) in [5, 5.41) is 0. The van der Waals surface area contributed by atoms with Gasteiger partial charge in [0.15, 0.2) is 17.5 Å². The minimum atomic E-state index is -1.34. The van der Waals surface area contributed by atoms with Crippen molar-refractivity contribution in [3.63, 3.8) is 0 Å². The lowest BCUT2D eigenvalue weighted by Gasteiger charge is -2.42. The van der Waals surface area contributed by atoms with Gasteiger partial charge in [-0.15, -0.1) is 0 Å². The van der Waals surface area contributed by atoms with Gasteiger partial charge in [0.25, 0.3) is 0 Å². The quantitative estimate of drug-likeness (QED) is 0.470. The van der Waals surface area contributed by atoms with E-state index in [2.05, 4.69) is 13.8 Å². The van der Waals surface area contributed by atoms with E-state index in [1.54, 1.807) is 0 Å². The SMILES string of the molecule is CCCC1CCC(C(C)C2CCCCC2c2cc(F)c(F)c(F)c2)CC1. The van der Waals surface area contributed by atoms with E-state index >= 15 is 0 Å². The van der Waals surface area contributed by atoms with Crippen molar-refractivity contribution < 1.29 is 13.2 Å². The Morgan fingerprint density at radius 2 is 1.54 bits per heavy atom. The molecule has 26 heavy (non-hydrogen) atoms. The highest BCUT2D eigenvalue weighted by Crippen LogP contribution is 2.47. The topological polar surface area (TPSA) is 0 Å². The molecule has 3 rings (SSSR count). The molecule has 0 bridgehead atoms. The van der Waals surface area contributed by atoms with Crippen LogP contribution in [0.5, 0.6) is 0 Å². The summed E-state index contributed by atoms with van der Waals surface area (Å²) in [5.41, 5.74) is 0.664. The third-order valence-electron chi connectivity index (χ3n) is 7.26. The van der Waals surface area contributed by atoms with E-state index in [1.807, 2.05) is 0 Å². The largest absolute Gasteiger partial charge is 0.204 e. The average molecular weight is 367 g/mol. The minimum Gasteiger partial charge on any atom is -0.204 e. The summed E-state index contributed by atoms with van der Waals surface area (Å²) < 4.78 is 40.9. The van der Waals surface area contributed by atoms with Crippen LogP contribution in [-0.2, 0) is 0 Å². The van der Waals surface area contributed by atoms with Crippen LogP contribution in [0.1, 0.15) is 89.5 Å². The average Bonchev–Trinajstić information content (AvgIpc) is 2.66. The van der Waals surface area contributed by atoms with Gasteiger partial charge in [-0.3, -0.25) is 0 Å². The molecule has 0 nitrogen and oxygen atoms in total. The first-order valence-electron chi connectivity index (χ1n) is 10.7. The van der Waals surface area contributed by atoms with Gasteiger partial charge in [-0.2, -0.15) is 0 Å². The van der Waals surface area contributed by atoms with Crippen molar-refractivity contribution in [2.24, 2.45) is 23.7 Å². The van der Waals surface area contributed by atoms with Crippen molar-refractivity contribution in [2.45, 2.75) is 84.0 Å². The second kappa shape index (κ2) is 8.80. The van der Waals surface area contributed by atoms with E-state index in [1.165, 1.54) is 57.1 Å². The van der Waals surface area contributed by atoms with Crippen LogP contribution in [0.2, 0.25) is 0 Å². The lowest BCUT2D eigenvalue weighted by molar-refractivity contribution is 0.121. The Kier molecular flexibility index (Phi) is 6.69. The smallest absolute Gasteiger partial charge is 0.194 e. The van der Waals surface area contributed by atoms with Gasteiger partial charge in [0.05, 0.1) is 0 Å². The molecule has 0 radical (unpaired) electrons. The Labute approximate surface area is 156 Å². The zero-order chi connectivity index (χ0) is 18.7. The van der Waals surface area contributed by atoms with Crippen LogP contribution in [0, 0.1) is 41.1 Å². The molecule has 1 aromatic rings. The van der Waals surface area contributed by atoms with Crippen LogP contribution in [0.25, 0.3) is 0 Å². The van der Waals surface area contributed by atoms with E-state index in [9.17, 15) is 13.2 Å². The highest BCUT2D eigenvalue weighted by atomic mass is 19.2. The molecule has 3 unspecified atom stereocenters. The zero-order valence-electron chi connectivity index (χ0n) is 16.2. The molecule has 2 fully saturated rings. The first-order valence-corrected chi connectivity index (χ1v) is 10.7. The summed E-state index contributed by atoms with van der Waals surface area (Å²) in [6.45, 7) is 4.62. The second-order valence-corrected chi connectivity index (χ2v) is 8.78. The Hall–Kier alpha value is -0.990. The van der Waals surface area contributed by atoms with E-state index < -0.39 is 17.5 Å². The molecular formula is C23H33F3. The Balaban J connectivity index is 1.73. The Morgan fingerprint density at radius 1 is 0.923 bits per heavy atom. The zero-order valence-corrected chi connectivity index (χ0v) is 16.2. The molecule has 0 N–H and O–H groups in total. The van der Waals surface area contributed by atoms with Gasteiger partial charge in [-0.05, 0) is 73.0 Å². The maximum atomic E-state index is 13.8. The molecule has 2 aliphatic rings. The molecule has 0 aliphatic heterocycles. The number of rotatable bonds is 5. The predicted octanol–water partition coefficient (Wildman–Crippen LogP) is 7.62. The molecule has 0 amide bonds. The maximum Gasteiger partial charge on any atom is 0.194 e. The van der Waals surface area contributed by atoms with Crippen molar-refractivity contribution in [1.29, 1.82) is 0 Å². The third-order valence-corrected chi connectivity index (χ3v) is 7.26. The molecule has 0 spiro atoms. The van der Waals surface area contributed by atoms with Gasteiger partial charge >= 0.3 is 0 Å². The van der Waals surface area contributed by atoms with E-state index in [-0.39, 0.29) is 5.92 Å². The summed E-state index contributed by atoms with van der Waals surface area (Å²) in [7, 11) is 0. The van der Waals surface area contributed by atoms with Crippen LogP contribution in [-0.4, -0.2) is 0 Å². The molecule has 3 atom stereocenters. The fourth-order valence-corrected chi connectivity index (χ4v) is 5.75. The van der Waals surface area contributed by atoms with Gasteiger partial charge in [0.1, 0.15) is 0 Å². The number of hydrogen-bond donors (Lipinski definition) is 0. The lowest BCUT2D eigenvalue weighted by Crippen LogP contribution is -2.31. The molecule has 0 aromatic heterocycles. The van der Waals surface area contributed by atoms with E-state index in [0.29, 0.717) is 17.4 Å². The molecular weight excluding hydrogens is 333 g/mol. The monoisotopic (exact) mass is 366 g/mol. The lowest BCUT2D eigenvalue weighted by atomic mass is 9.63. The first kappa shape index (κ1) is 19.8. The van der Waals surface area contributed by atoms with Crippen molar-refractivity contribution in [1.82, 2.24) is 0 Å². The van der Waals surface area contributed by atoms with Gasteiger partial charge < -0.3 is 0 Å². The van der Waals surface area contributed by atoms with Crippen molar-refractivity contribution in [3.05, 3.63) is 35.1 Å². The fraction of sp³-hybridized carbons (Fsp3) is 0.739. The standard InChI is InChI=1S/C23H33F3/c1-3-6-16-9-11-17(12-10-16)15(2)19-7-4-5-8-20(19)18-13-21(24)23(26)22(25)14-18/h13-17,19-20H,3-12H2,1-2H3. The van der Waals surface area contributed by atoms with Gasteiger partial charge in [0, 0.05) is 0 Å². The normalized spacial score (nSPS) is 31.0. The van der Waals surface area contributed by atoms with E-state index in [0.717, 1.165) is 31.1 Å². The first-order chi connectivity index (χ1) is 12.5. The number of hydrogen-bond acceptors (Lipinski definition) is 0. The molecule has 0 saturated heterocycles. The molecule has 2 saturated carbocycles. The van der Waals surface area contributed by atoms with Gasteiger partial charge in [-0.1, -0.05) is 52.4 Å². The van der Waals surface area contributed by atoms with Crippen LogP contribution >= 0.6 is 0 Å². The van der Waals surface area contributed by atoms with Gasteiger partial charge in [0.2, 0.25) is 0 Å². The highest BCUT2D eigenvalue weighted by molar-refractivity contribution is 5.24.